The first-order chi connectivity index (χ1) is 11.2. The SMILES string of the molecule is C/C=C\C=NC.CC/C=C\NC.CCCCNC.COCOC.[CH3-].[CH3-].[CH3-].[CH3-].[Y].[Y].[Y].[Y].[Y].[Y].[Y].[Y].[Y].[Y]. The van der Waals surface area contributed by atoms with Crippen LogP contribution >= 0.6 is 0 Å². The summed E-state index contributed by atoms with van der Waals surface area (Å²) in [6.07, 6.45) is 13.3. The van der Waals surface area contributed by atoms with Crippen LogP contribution in [0.1, 0.15) is 40.0 Å². The van der Waals surface area contributed by atoms with Crippen LogP contribution in [0, 0.1) is 29.7 Å². The predicted octanol–water partition coefficient (Wildman–Crippen LogP) is 5.41. The number of nitrogens with zero attached hydrogens (tertiary/aromatic N) is 1. The number of nitrogens with one attached hydrogen (secondary N) is 2. The fourth-order valence-electron chi connectivity index (χ4n) is 0.879. The van der Waals surface area contributed by atoms with Gasteiger partial charge in [-0.25, -0.2) is 0 Å². The zero-order chi connectivity index (χ0) is 18.6. The molecule has 0 aromatic rings. The molecular formula is C22H53N3O2Y10-4. The van der Waals surface area contributed by atoms with Gasteiger partial charge in [-0.05, 0) is 45.6 Å². The van der Waals surface area contributed by atoms with Crippen molar-refractivity contribution in [1.29, 1.82) is 0 Å². The first-order valence-corrected chi connectivity index (χ1v) is 8.14. The molecule has 0 spiro atoms. The van der Waals surface area contributed by atoms with E-state index in [1.54, 1.807) is 27.5 Å². The Morgan fingerprint density at radius 1 is 0.730 bits per heavy atom. The molecule has 0 aromatic heterocycles. The number of methoxy groups -OCH3 is 2. The second-order valence-electron chi connectivity index (χ2n) is 4.18. The van der Waals surface area contributed by atoms with Gasteiger partial charge in [0.05, 0.1) is 0 Å². The maximum Gasteiger partial charge on any atom is 0.145 e. The van der Waals surface area contributed by atoms with Gasteiger partial charge in [-0.2, -0.15) is 0 Å². The summed E-state index contributed by atoms with van der Waals surface area (Å²) < 4.78 is 8.94. The molecule has 37 heavy (non-hydrogen) atoms. The predicted molar refractivity (Wildman–Crippen MR) is 131 cm³/mol. The molecule has 0 aliphatic rings. The molecule has 0 heterocycles. The van der Waals surface area contributed by atoms with Crippen LogP contribution in [0.3, 0.4) is 0 Å². The zero-order valence-corrected chi connectivity index (χ0v) is 54.8. The van der Waals surface area contributed by atoms with Crippen LogP contribution in [0.4, 0.5) is 0 Å². The van der Waals surface area contributed by atoms with E-state index < -0.39 is 0 Å². The first-order valence-electron chi connectivity index (χ1n) is 8.14. The number of allylic oxidation sites excluding steroid dienone is 3. The largest absolute Gasteiger partial charge is 0.394 e. The Labute approximate surface area is 488 Å². The number of hydrogen-bond acceptors (Lipinski definition) is 5. The van der Waals surface area contributed by atoms with E-state index in [1.807, 2.05) is 39.4 Å². The summed E-state index contributed by atoms with van der Waals surface area (Å²) in [7, 11) is 8.80. The molecule has 0 bridgehead atoms. The molecule has 0 saturated carbocycles. The molecule has 10 radical (unpaired) electrons. The van der Waals surface area contributed by atoms with Crippen LogP contribution in [0.5, 0.6) is 0 Å². The van der Waals surface area contributed by atoms with E-state index in [1.165, 1.54) is 12.8 Å². The third-order valence-electron chi connectivity index (χ3n) is 1.96. The summed E-state index contributed by atoms with van der Waals surface area (Å²) in [4.78, 5) is 3.71. The van der Waals surface area contributed by atoms with Crippen LogP contribution in [-0.2, 0) is 337 Å². The molecule has 2 N–H and O–H groups in total. The van der Waals surface area contributed by atoms with Gasteiger partial charge < -0.3 is 49.8 Å². The minimum absolute atomic E-state index is 0. The average Bonchev–Trinajstić information content (AvgIpc) is 2.58. The van der Waals surface area contributed by atoms with E-state index in [9.17, 15) is 0 Å². The van der Waals surface area contributed by atoms with E-state index >= 15 is 0 Å². The van der Waals surface area contributed by atoms with Crippen LogP contribution in [0.15, 0.2) is 29.4 Å². The average molecular weight is 1280 g/mol. The van der Waals surface area contributed by atoms with Crippen molar-refractivity contribution >= 4 is 6.21 Å². The van der Waals surface area contributed by atoms with Gasteiger partial charge in [0.2, 0.25) is 0 Å². The van der Waals surface area contributed by atoms with Crippen molar-refractivity contribution in [3.8, 4) is 0 Å². The van der Waals surface area contributed by atoms with Gasteiger partial charge in [-0.1, -0.05) is 32.4 Å². The Kier molecular flexibility index (Phi) is 477. The van der Waals surface area contributed by atoms with Crippen LogP contribution < -0.4 is 10.6 Å². The van der Waals surface area contributed by atoms with Crippen molar-refractivity contribution in [2.24, 2.45) is 4.99 Å². The molecular weight excluding hydrogens is 1230 g/mol. The summed E-state index contributed by atoms with van der Waals surface area (Å²) in [5, 5.41) is 5.96. The smallest absolute Gasteiger partial charge is 0.145 e. The molecule has 5 nitrogen and oxygen atoms in total. The molecule has 0 atom stereocenters. The summed E-state index contributed by atoms with van der Waals surface area (Å²) in [5.41, 5.74) is 0. The van der Waals surface area contributed by atoms with Crippen molar-refractivity contribution in [2.45, 2.75) is 40.0 Å². The van der Waals surface area contributed by atoms with Crippen LogP contribution in [0.25, 0.3) is 0 Å². The molecule has 0 fully saturated rings. The second-order valence-corrected chi connectivity index (χ2v) is 4.18. The zero-order valence-electron chi connectivity index (χ0n) is 26.5. The van der Waals surface area contributed by atoms with Crippen molar-refractivity contribution < 1.29 is 337 Å². The maximum absolute atomic E-state index is 4.47. The van der Waals surface area contributed by atoms with Gasteiger partial charge in [0.25, 0.3) is 0 Å². The standard InChI is InChI=1S/C5H13N.C5H11N.C5H9N.C3H8O2.4CH3.10Y/c3*1-3-4-5-6-2;1-4-3-5-2;;;;;;;;;;;;;;/h6H,3-5H2,1-2H3;4-6H,3H2,1-2H3;3-5H,1-2H3;3H2,1-2H3;4*1H3;;;;;;;;;;/q;;;;4*-1;;;;;;;;;;/b;5-4-;4-3-,6-5?;;;;;;;;;;;;;;;. The Hall–Kier alpha value is 9.87. The molecule has 0 rings (SSSR count). The third kappa shape index (κ3) is 203. The number of rotatable bonds is 8. The monoisotopic (exact) mass is 1280 g/mol. The van der Waals surface area contributed by atoms with E-state index in [0.29, 0.717) is 6.79 Å². The van der Waals surface area contributed by atoms with Crippen LogP contribution in [0.2, 0.25) is 0 Å². The van der Waals surface area contributed by atoms with Crippen molar-refractivity contribution in [1.82, 2.24) is 10.6 Å². The van der Waals surface area contributed by atoms with Gasteiger partial charge in [-0.15, -0.1) is 0 Å². The van der Waals surface area contributed by atoms with Crippen molar-refractivity contribution in [2.75, 3.05) is 48.7 Å². The molecule has 15 heteroatoms. The summed E-state index contributed by atoms with van der Waals surface area (Å²) in [5.74, 6) is 0. The number of unbranched alkanes of at least 4 members (excludes halogenated alkanes) is 1. The van der Waals surface area contributed by atoms with E-state index in [4.69, 9.17) is 0 Å². The fourth-order valence-corrected chi connectivity index (χ4v) is 0.879. The number of aliphatic imine (C=N–C) groups is 1. The molecule has 202 valence electrons. The minimum Gasteiger partial charge on any atom is -0.394 e. The Morgan fingerprint density at radius 3 is 1.19 bits per heavy atom. The van der Waals surface area contributed by atoms with Crippen molar-refractivity contribution in [3.05, 3.63) is 54.1 Å². The maximum atomic E-state index is 4.47. The van der Waals surface area contributed by atoms with E-state index in [0.717, 1.165) is 13.0 Å². The fraction of sp³-hybridized carbons (Fsp3) is 0.591. The molecule has 0 amide bonds. The summed E-state index contributed by atoms with van der Waals surface area (Å²) in [6.45, 7) is 7.81. The second kappa shape index (κ2) is 149. The quantitative estimate of drug-likeness (QED) is 0.148. The Morgan fingerprint density at radius 2 is 1.11 bits per heavy atom. The number of hydrogen-bond donors (Lipinski definition) is 2. The number of ether oxygens (including phenoxy) is 2. The molecule has 0 saturated heterocycles. The Bertz CT molecular complexity index is 241. The first kappa shape index (κ1) is 118. The van der Waals surface area contributed by atoms with E-state index in [2.05, 4.69) is 45.0 Å². The summed E-state index contributed by atoms with van der Waals surface area (Å²) in [6, 6.07) is 0. The van der Waals surface area contributed by atoms with Gasteiger partial charge >= 0.3 is 0 Å². The molecule has 0 aliphatic heterocycles. The third-order valence-corrected chi connectivity index (χ3v) is 1.96. The molecule has 0 aliphatic carbocycles. The van der Waals surface area contributed by atoms with Gasteiger partial charge in [0, 0.05) is 362 Å². The van der Waals surface area contributed by atoms with Gasteiger partial charge in [-0.3, -0.25) is 4.99 Å². The molecule has 0 aromatic carbocycles. The Balaban J connectivity index is -0.00000000723. The topological polar surface area (TPSA) is 54.9 Å². The summed E-state index contributed by atoms with van der Waals surface area (Å²) >= 11 is 0. The van der Waals surface area contributed by atoms with Crippen molar-refractivity contribution in [3.63, 3.8) is 0 Å². The van der Waals surface area contributed by atoms with Gasteiger partial charge in [0.1, 0.15) is 6.79 Å². The normalized spacial score (nSPS) is 6.05. The van der Waals surface area contributed by atoms with Crippen LogP contribution in [-0.4, -0.2) is 54.9 Å². The van der Waals surface area contributed by atoms with Gasteiger partial charge in [0.15, 0.2) is 0 Å². The minimum atomic E-state index is 0. The van der Waals surface area contributed by atoms with E-state index in [-0.39, 0.29) is 357 Å². The molecule has 0 unspecified atom stereocenters.